The highest BCUT2D eigenvalue weighted by Gasteiger charge is 2.01. The van der Waals surface area contributed by atoms with Crippen LogP contribution in [0, 0.1) is 13.8 Å². The molecule has 15 heavy (non-hydrogen) atoms. The topological polar surface area (TPSA) is 97.0 Å². The number of nitrogens with zero attached hydrogens (tertiary/aromatic N) is 2. The zero-order valence-corrected chi connectivity index (χ0v) is 8.73. The van der Waals surface area contributed by atoms with Crippen molar-refractivity contribution in [2.45, 2.75) is 13.8 Å². The summed E-state index contributed by atoms with van der Waals surface area (Å²) in [4.78, 5) is 0. The van der Waals surface area contributed by atoms with E-state index in [1.807, 2.05) is 13.8 Å². The average Bonchev–Trinajstić information content (AvgIpc) is 2.08. The van der Waals surface area contributed by atoms with Gasteiger partial charge < -0.3 is 16.6 Å². The first-order chi connectivity index (χ1) is 7.00. The fourth-order valence-corrected chi connectivity index (χ4v) is 1.31. The van der Waals surface area contributed by atoms with Crippen molar-refractivity contribution in [3.8, 4) is 5.75 Å². The van der Waals surface area contributed by atoms with E-state index in [4.69, 9.17) is 11.5 Å². The first kappa shape index (κ1) is 11.0. The summed E-state index contributed by atoms with van der Waals surface area (Å²) in [5.74, 6) is 0.157. The lowest BCUT2D eigenvalue weighted by atomic mass is 10.0. The smallest absolute Gasteiger partial charge is 0.211 e. The number of aromatic hydroxyl groups is 1. The van der Waals surface area contributed by atoms with Crippen LogP contribution in [0.15, 0.2) is 22.3 Å². The second-order valence-electron chi connectivity index (χ2n) is 3.26. The zero-order chi connectivity index (χ0) is 11.4. The summed E-state index contributed by atoms with van der Waals surface area (Å²) < 4.78 is 0. The molecule has 0 spiro atoms. The number of hydrogen-bond donors (Lipinski definition) is 3. The highest BCUT2D eigenvalue weighted by atomic mass is 16.3. The Balaban J connectivity index is 3.05. The van der Waals surface area contributed by atoms with Crippen LogP contribution in [0.5, 0.6) is 5.75 Å². The lowest BCUT2D eigenvalue weighted by Gasteiger charge is -2.04. The number of rotatable bonds is 2. The number of nitrogens with two attached hydrogens (primary N) is 2. The molecule has 1 rings (SSSR count). The number of aryl methyl sites for hydroxylation is 2. The third-order valence-corrected chi connectivity index (χ3v) is 1.94. The normalized spacial score (nSPS) is 10.5. The number of phenols is 1. The van der Waals surface area contributed by atoms with Crippen LogP contribution in [0.1, 0.15) is 16.7 Å². The molecule has 1 aromatic carbocycles. The van der Waals surface area contributed by atoms with E-state index in [0.29, 0.717) is 0 Å². The highest BCUT2D eigenvalue weighted by Crippen LogP contribution is 2.18. The summed E-state index contributed by atoms with van der Waals surface area (Å²) in [7, 11) is 0. The lowest BCUT2D eigenvalue weighted by Crippen LogP contribution is -2.21. The Bertz CT molecular complexity index is 396. The maximum atomic E-state index is 9.32. The van der Waals surface area contributed by atoms with Gasteiger partial charge in [0.2, 0.25) is 5.96 Å². The van der Waals surface area contributed by atoms with Gasteiger partial charge in [-0.2, -0.15) is 5.10 Å². The van der Waals surface area contributed by atoms with Crippen LogP contribution in [0.3, 0.4) is 0 Å². The largest absolute Gasteiger partial charge is 0.508 e. The van der Waals surface area contributed by atoms with E-state index in [1.54, 1.807) is 18.3 Å². The van der Waals surface area contributed by atoms with Gasteiger partial charge in [0, 0.05) is 5.56 Å². The predicted octanol–water partition coefficient (Wildman–Crippen LogP) is 0.616. The van der Waals surface area contributed by atoms with Gasteiger partial charge in [0.25, 0.3) is 0 Å². The van der Waals surface area contributed by atoms with Crippen molar-refractivity contribution < 1.29 is 5.11 Å². The summed E-state index contributed by atoms with van der Waals surface area (Å²) in [5, 5.41) is 16.5. The first-order valence-corrected chi connectivity index (χ1v) is 4.43. The van der Waals surface area contributed by atoms with Crippen LogP contribution in [0.25, 0.3) is 0 Å². The van der Waals surface area contributed by atoms with Crippen molar-refractivity contribution in [1.82, 2.24) is 0 Å². The van der Waals surface area contributed by atoms with Gasteiger partial charge in [-0.15, -0.1) is 5.10 Å². The summed E-state index contributed by atoms with van der Waals surface area (Å²) in [6.07, 6.45) is 1.56. The molecule has 0 saturated heterocycles. The number of hydrogen-bond acceptors (Lipinski definition) is 3. The molecule has 0 radical (unpaired) electrons. The monoisotopic (exact) mass is 206 g/mol. The molecule has 80 valence electrons. The van der Waals surface area contributed by atoms with Crippen LogP contribution < -0.4 is 11.5 Å². The Labute approximate surface area is 88.1 Å². The molecule has 0 aromatic heterocycles. The molecule has 0 bridgehead atoms. The van der Waals surface area contributed by atoms with Crippen molar-refractivity contribution in [3.05, 3.63) is 28.8 Å². The minimum atomic E-state index is -0.0830. The van der Waals surface area contributed by atoms with Gasteiger partial charge in [0.1, 0.15) is 5.75 Å². The zero-order valence-electron chi connectivity index (χ0n) is 8.73. The minimum absolute atomic E-state index is 0.0830. The third-order valence-electron chi connectivity index (χ3n) is 1.94. The third kappa shape index (κ3) is 2.98. The van der Waals surface area contributed by atoms with Crippen molar-refractivity contribution >= 4 is 12.2 Å². The van der Waals surface area contributed by atoms with E-state index in [9.17, 15) is 5.11 Å². The van der Waals surface area contributed by atoms with Crippen molar-refractivity contribution in [2.75, 3.05) is 0 Å². The summed E-state index contributed by atoms with van der Waals surface area (Å²) >= 11 is 0. The molecule has 0 aliphatic carbocycles. The van der Waals surface area contributed by atoms with Crippen LogP contribution in [0.4, 0.5) is 0 Å². The average molecular weight is 206 g/mol. The van der Waals surface area contributed by atoms with Gasteiger partial charge in [0.15, 0.2) is 0 Å². The molecule has 5 nitrogen and oxygen atoms in total. The molecule has 5 heteroatoms. The van der Waals surface area contributed by atoms with Crippen LogP contribution in [0.2, 0.25) is 0 Å². The standard InChI is InChI=1S/C10H14N4O/c1-6-3-8(15)4-7(2)9(6)5-13-14-10(11)12/h3-5,15H,1-2H3,(H4,11,12,14). The maximum Gasteiger partial charge on any atom is 0.211 e. The van der Waals surface area contributed by atoms with Gasteiger partial charge in [-0.05, 0) is 37.1 Å². The molecule has 0 atom stereocenters. The van der Waals surface area contributed by atoms with Gasteiger partial charge in [-0.1, -0.05) is 0 Å². The molecule has 0 aliphatic heterocycles. The molecular weight excluding hydrogens is 192 g/mol. The molecule has 0 heterocycles. The summed E-state index contributed by atoms with van der Waals surface area (Å²) in [6, 6.07) is 3.31. The van der Waals surface area contributed by atoms with Crippen molar-refractivity contribution in [2.24, 2.45) is 21.7 Å². The second kappa shape index (κ2) is 4.45. The molecule has 1 aromatic rings. The number of phenolic OH excluding ortho intramolecular Hbond substituents is 1. The Hall–Kier alpha value is -2.04. The first-order valence-electron chi connectivity index (χ1n) is 4.43. The molecule has 0 aliphatic rings. The van der Waals surface area contributed by atoms with Gasteiger partial charge in [-0.25, -0.2) is 0 Å². The van der Waals surface area contributed by atoms with E-state index in [-0.39, 0.29) is 11.7 Å². The Morgan fingerprint density at radius 2 is 1.80 bits per heavy atom. The molecule has 0 amide bonds. The van der Waals surface area contributed by atoms with E-state index in [2.05, 4.69) is 10.2 Å². The van der Waals surface area contributed by atoms with E-state index in [1.165, 1.54) is 0 Å². The fraction of sp³-hybridized carbons (Fsp3) is 0.200. The van der Waals surface area contributed by atoms with Crippen molar-refractivity contribution in [3.63, 3.8) is 0 Å². The molecule has 0 fully saturated rings. The molecule has 0 saturated carbocycles. The summed E-state index contributed by atoms with van der Waals surface area (Å²) in [6.45, 7) is 3.76. The maximum absolute atomic E-state index is 9.32. The Morgan fingerprint density at radius 3 is 2.27 bits per heavy atom. The quantitative estimate of drug-likeness (QED) is 0.376. The SMILES string of the molecule is Cc1cc(O)cc(C)c1C=NN=C(N)N. The van der Waals surface area contributed by atoms with Gasteiger partial charge in [0.05, 0.1) is 6.21 Å². The number of guanidine groups is 1. The fourth-order valence-electron chi connectivity index (χ4n) is 1.31. The van der Waals surface area contributed by atoms with Gasteiger partial charge in [-0.3, -0.25) is 0 Å². The molecule has 0 unspecified atom stereocenters. The Morgan fingerprint density at radius 1 is 1.27 bits per heavy atom. The minimum Gasteiger partial charge on any atom is -0.508 e. The van der Waals surface area contributed by atoms with Gasteiger partial charge >= 0.3 is 0 Å². The lowest BCUT2D eigenvalue weighted by molar-refractivity contribution is 0.474. The number of benzene rings is 1. The Kier molecular flexibility index (Phi) is 3.28. The van der Waals surface area contributed by atoms with E-state index >= 15 is 0 Å². The van der Waals surface area contributed by atoms with E-state index in [0.717, 1.165) is 16.7 Å². The van der Waals surface area contributed by atoms with Crippen molar-refractivity contribution in [1.29, 1.82) is 0 Å². The molecular formula is C10H14N4O. The van der Waals surface area contributed by atoms with Crippen LogP contribution in [-0.2, 0) is 0 Å². The van der Waals surface area contributed by atoms with Crippen LogP contribution >= 0.6 is 0 Å². The second-order valence-corrected chi connectivity index (χ2v) is 3.26. The summed E-state index contributed by atoms with van der Waals surface area (Å²) in [5.41, 5.74) is 13.0. The van der Waals surface area contributed by atoms with E-state index < -0.39 is 0 Å². The molecule has 5 N–H and O–H groups in total. The predicted molar refractivity (Wildman–Crippen MR) is 61.0 cm³/mol. The van der Waals surface area contributed by atoms with Crippen LogP contribution in [-0.4, -0.2) is 17.3 Å². The highest BCUT2D eigenvalue weighted by molar-refractivity contribution is 5.85.